The molecule has 0 unspecified atom stereocenters. The maximum Gasteiger partial charge on any atom is 0.166 e. The first-order chi connectivity index (χ1) is 8.56. The SMILES string of the molecule is Cl.N=C(N)c1ccc(Oc2ccc(Cl)cc2)c(F)c1. The summed E-state index contributed by atoms with van der Waals surface area (Å²) in [6, 6.07) is 10.7. The molecule has 2 aromatic rings. The predicted molar refractivity (Wildman–Crippen MR) is 76.2 cm³/mol. The Morgan fingerprint density at radius 1 is 1.16 bits per heavy atom. The van der Waals surface area contributed by atoms with E-state index in [1.165, 1.54) is 12.1 Å². The van der Waals surface area contributed by atoms with Crippen LogP contribution in [0.2, 0.25) is 5.02 Å². The number of hydrogen-bond donors (Lipinski definition) is 2. The number of nitrogens with one attached hydrogen (secondary N) is 1. The molecule has 0 spiro atoms. The molecule has 0 saturated heterocycles. The van der Waals surface area contributed by atoms with Crippen LogP contribution < -0.4 is 10.5 Å². The zero-order valence-electron chi connectivity index (χ0n) is 9.69. The Balaban J connectivity index is 0.00000180. The van der Waals surface area contributed by atoms with Gasteiger partial charge < -0.3 is 10.5 Å². The predicted octanol–water partition coefficient (Wildman–Crippen LogP) is 3.98. The third kappa shape index (κ3) is 3.84. The average Bonchev–Trinajstić information content (AvgIpc) is 2.34. The zero-order chi connectivity index (χ0) is 13.1. The highest BCUT2D eigenvalue weighted by Crippen LogP contribution is 2.26. The van der Waals surface area contributed by atoms with Crippen LogP contribution in [0.15, 0.2) is 42.5 Å². The van der Waals surface area contributed by atoms with Crippen LogP contribution in [-0.4, -0.2) is 5.84 Å². The molecular formula is C13H11Cl2FN2O. The van der Waals surface area contributed by atoms with Crippen LogP contribution in [-0.2, 0) is 0 Å². The van der Waals surface area contributed by atoms with Crippen molar-refractivity contribution in [3.63, 3.8) is 0 Å². The van der Waals surface area contributed by atoms with E-state index in [2.05, 4.69) is 0 Å². The average molecular weight is 301 g/mol. The highest BCUT2D eigenvalue weighted by Gasteiger charge is 2.07. The van der Waals surface area contributed by atoms with Crippen LogP contribution in [0.4, 0.5) is 4.39 Å². The maximum atomic E-state index is 13.7. The molecule has 0 fully saturated rings. The molecule has 2 rings (SSSR count). The summed E-state index contributed by atoms with van der Waals surface area (Å²) in [5, 5.41) is 7.78. The fourth-order valence-electron chi connectivity index (χ4n) is 1.38. The fourth-order valence-corrected chi connectivity index (χ4v) is 1.51. The van der Waals surface area contributed by atoms with Crippen molar-refractivity contribution in [1.29, 1.82) is 5.41 Å². The molecule has 0 bridgehead atoms. The lowest BCUT2D eigenvalue weighted by Crippen LogP contribution is -2.11. The Labute approximate surface area is 121 Å². The largest absolute Gasteiger partial charge is 0.454 e. The molecule has 0 aliphatic heterocycles. The topological polar surface area (TPSA) is 59.1 Å². The molecule has 6 heteroatoms. The Hall–Kier alpha value is -1.78. The highest BCUT2D eigenvalue weighted by atomic mass is 35.5. The molecule has 100 valence electrons. The first-order valence-electron chi connectivity index (χ1n) is 5.13. The molecule has 2 aromatic carbocycles. The minimum Gasteiger partial charge on any atom is -0.454 e. The van der Waals surface area contributed by atoms with Gasteiger partial charge in [0.15, 0.2) is 11.6 Å². The molecule has 19 heavy (non-hydrogen) atoms. The standard InChI is InChI=1S/C13H10ClFN2O.ClH/c14-9-2-4-10(5-3-9)18-12-6-1-8(13(16)17)7-11(12)15;/h1-7H,(H3,16,17);1H. The summed E-state index contributed by atoms with van der Waals surface area (Å²) >= 11 is 5.73. The molecule has 3 nitrogen and oxygen atoms in total. The second kappa shape index (κ2) is 6.41. The fraction of sp³-hybridized carbons (Fsp3) is 0. The quantitative estimate of drug-likeness (QED) is 0.665. The van der Waals surface area contributed by atoms with Crippen molar-refractivity contribution in [3.05, 3.63) is 58.9 Å². The zero-order valence-corrected chi connectivity index (χ0v) is 11.3. The Morgan fingerprint density at radius 2 is 1.79 bits per heavy atom. The van der Waals surface area contributed by atoms with Gasteiger partial charge in [0.05, 0.1) is 0 Å². The van der Waals surface area contributed by atoms with E-state index >= 15 is 0 Å². The van der Waals surface area contributed by atoms with E-state index < -0.39 is 5.82 Å². The van der Waals surface area contributed by atoms with Crippen molar-refractivity contribution in [1.82, 2.24) is 0 Å². The van der Waals surface area contributed by atoms with Crippen molar-refractivity contribution in [3.8, 4) is 11.5 Å². The van der Waals surface area contributed by atoms with E-state index in [0.29, 0.717) is 16.3 Å². The summed E-state index contributed by atoms with van der Waals surface area (Å²) in [5.74, 6) is -0.208. The van der Waals surface area contributed by atoms with Gasteiger partial charge in [-0.2, -0.15) is 0 Å². The van der Waals surface area contributed by atoms with E-state index in [9.17, 15) is 4.39 Å². The third-order valence-electron chi connectivity index (χ3n) is 2.28. The molecule has 0 aromatic heterocycles. The maximum absolute atomic E-state index is 13.7. The second-order valence-electron chi connectivity index (χ2n) is 3.61. The number of ether oxygens (including phenoxy) is 1. The summed E-state index contributed by atoms with van der Waals surface area (Å²) in [4.78, 5) is 0. The van der Waals surface area contributed by atoms with E-state index in [4.69, 9.17) is 27.5 Å². The minimum atomic E-state index is -0.572. The first kappa shape index (κ1) is 15.3. The summed E-state index contributed by atoms with van der Waals surface area (Å²) in [7, 11) is 0. The van der Waals surface area contributed by atoms with Crippen LogP contribution in [0.25, 0.3) is 0 Å². The molecular weight excluding hydrogens is 290 g/mol. The van der Waals surface area contributed by atoms with Gasteiger partial charge in [0.25, 0.3) is 0 Å². The van der Waals surface area contributed by atoms with Crippen LogP contribution in [0.1, 0.15) is 5.56 Å². The van der Waals surface area contributed by atoms with Gasteiger partial charge in [-0.3, -0.25) is 5.41 Å². The number of hydrogen-bond acceptors (Lipinski definition) is 2. The normalized spacial score (nSPS) is 9.58. The monoisotopic (exact) mass is 300 g/mol. The molecule has 0 amide bonds. The number of amidine groups is 1. The van der Waals surface area contributed by atoms with E-state index in [1.54, 1.807) is 24.3 Å². The van der Waals surface area contributed by atoms with Crippen molar-refractivity contribution in [2.45, 2.75) is 0 Å². The van der Waals surface area contributed by atoms with Crippen molar-refractivity contribution < 1.29 is 9.13 Å². The summed E-state index contributed by atoms with van der Waals surface area (Å²) in [5.41, 5.74) is 5.58. The highest BCUT2D eigenvalue weighted by molar-refractivity contribution is 6.30. The smallest absolute Gasteiger partial charge is 0.166 e. The summed E-state index contributed by atoms with van der Waals surface area (Å²) in [6.45, 7) is 0. The number of halogens is 3. The van der Waals surface area contributed by atoms with E-state index in [-0.39, 0.29) is 24.0 Å². The first-order valence-corrected chi connectivity index (χ1v) is 5.51. The van der Waals surface area contributed by atoms with Crippen molar-refractivity contribution in [2.75, 3.05) is 0 Å². The molecule has 0 saturated carbocycles. The van der Waals surface area contributed by atoms with Crippen LogP contribution in [0, 0.1) is 11.2 Å². The lowest BCUT2D eigenvalue weighted by molar-refractivity contribution is 0.442. The lowest BCUT2D eigenvalue weighted by Gasteiger charge is -2.07. The van der Waals surface area contributed by atoms with Gasteiger partial charge in [0, 0.05) is 10.6 Å². The molecule has 0 atom stereocenters. The molecule has 0 aliphatic carbocycles. The number of nitrogen functional groups attached to an aromatic ring is 1. The molecule has 0 radical (unpaired) electrons. The van der Waals surface area contributed by atoms with Gasteiger partial charge in [-0.05, 0) is 42.5 Å². The van der Waals surface area contributed by atoms with Gasteiger partial charge in [-0.25, -0.2) is 4.39 Å². The number of nitrogens with two attached hydrogens (primary N) is 1. The van der Waals surface area contributed by atoms with Crippen molar-refractivity contribution >= 4 is 29.8 Å². The van der Waals surface area contributed by atoms with E-state index in [1.807, 2.05) is 0 Å². The molecule has 0 heterocycles. The lowest BCUT2D eigenvalue weighted by atomic mass is 10.2. The van der Waals surface area contributed by atoms with Gasteiger partial charge >= 0.3 is 0 Å². The number of rotatable bonds is 3. The van der Waals surface area contributed by atoms with Gasteiger partial charge in [0.1, 0.15) is 11.6 Å². The molecule has 0 aliphatic rings. The minimum absolute atomic E-state index is 0. The summed E-state index contributed by atoms with van der Waals surface area (Å²) in [6.07, 6.45) is 0. The van der Waals surface area contributed by atoms with E-state index in [0.717, 1.165) is 6.07 Å². The number of benzene rings is 2. The Morgan fingerprint density at radius 3 is 2.32 bits per heavy atom. The van der Waals surface area contributed by atoms with Gasteiger partial charge in [-0.15, -0.1) is 12.4 Å². The Kier molecular flexibility index (Phi) is 5.15. The van der Waals surface area contributed by atoms with Crippen molar-refractivity contribution in [2.24, 2.45) is 5.73 Å². The summed E-state index contributed by atoms with van der Waals surface area (Å²) < 4.78 is 19.0. The van der Waals surface area contributed by atoms with Crippen LogP contribution >= 0.6 is 24.0 Å². The second-order valence-corrected chi connectivity index (χ2v) is 4.05. The Bertz CT molecular complexity index is 588. The molecule has 3 N–H and O–H groups in total. The van der Waals surface area contributed by atoms with Gasteiger partial charge in [-0.1, -0.05) is 11.6 Å². The van der Waals surface area contributed by atoms with Gasteiger partial charge in [0.2, 0.25) is 0 Å². The van der Waals surface area contributed by atoms with Crippen LogP contribution in [0.5, 0.6) is 11.5 Å². The van der Waals surface area contributed by atoms with Crippen LogP contribution in [0.3, 0.4) is 0 Å². The third-order valence-corrected chi connectivity index (χ3v) is 2.54.